The lowest BCUT2D eigenvalue weighted by Gasteiger charge is -2.08. The summed E-state index contributed by atoms with van der Waals surface area (Å²) in [6.07, 6.45) is 1.10. The molecule has 1 aromatic heterocycles. The fourth-order valence-electron chi connectivity index (χ4n) is 0.966. The molecule has 0 bridgehead atoms. The molecule has 0 aliphatic rings. The molecule has 18 heavy (non-hydrogen) atoms. The quantitative estimate of drug-likeness (QED) is 0.599. The molecule has 1 atom stereocenters. The lowest BCUT2D eigenvalue weighted by Crippen LogP contribution is -2.42. The Hall–Kier alpha value is -2.02. The van der Waals surface area contributed by atoms with E-state index in [4.69, 9.17) is 16.1 Å². The number of nitrogens with one attached hydrogen (secondary N) is 1. The third-order valence-corrected chi connectivity index (χ3v) is 3.29. The highest BCUT2D eigenvalue weighted by atomic mass is 32.2. The van der Waals surface area contributed by atoms with Crippen LogP contribution in [0.25, 0.3) is 0 Å². The molecule has 96 valence electrons. The fourth-order valence-corrected chi connectivity index (χ4v) is 1.95. The maximum absolute atomic E-state index is 11.7. The zero-order chi connectivity index (χ0) is 13.8. The van der Waals surface area contributed by atoms with Gasteiger partial charge in [0.2, 0.25) is 0 Å². The van der Waals surface area contributed by atoms with Crippen molar-refractivity contribution in [2.45, 2.75) is 11.1 Å². The number of aromatic nitrogens is 1. The van der Waals surface area contributed by atoms with Crippen LogP contribution in [0.4, 0.5) is 0 Å². The standard InChI is InChI=1S/C9H10N4O4S/c10-3-6-1-2-8(12-4-6)18(16,17)13-5-7(11)9(14)15/h1-2,4,7,13H,5,11H2,(H,14,15). The van der Waals surface area contributed by atoms with E-state index >= 15 is 0 Å². The Bertz CT molecular complexity index is 576. The second kappa shape index (κ2) is 5.54. The van der Waals surface area contributed by atoms with Crippen LogP contribution >= 0.6 is 0 Å². The predicted molar refractivity (Wildman–Crippen MR) is 59.8 cm³/mol. The van der Waals surface area contributed by atoms with Gasteiger partial charge in [0.25, 0.3) is 10.0 Å². The fraction of sp³-hybridized carbons (Fsp3) is 0.222. The van der Waals surface area contributed by atoms with Gasteiger partial charge >= 0.3 is 5.97 Å². The third-order valence-electron chi connectivity index (χ3n) is 1.95. The molecule has 9 heteroatoms. The first kappa shape index (κ1) is 14.0. The maximum Gasteiger partial charge on any atom is 0.321 e. The van der Waals surface area contributed by atoms with Crippen LogP contribution in [-0.4, -0.2) is 37.1 Å². The summed E-state index contributed by atoms with van der Waals surface area (Å²) in [5.41, 5.74) is 5.38. The van der Waals surface area contributed by atoms with Crippen LogP contribution in [0.15, 0.2) is 23.4 Å². The van der Waals surface area contributed by atoms with Crippen LogP contribution < -0.4 is 10.5 Å². The lowest BCUT2D eigenvalue weighted by molar-refractivity contribution is -0.138. The number of rotatable bonds is 5. The topological polar surface area (TPSA) is 146 Å². The SMILES string of the molecule is N#Cc1ccc(S(=O)(=O)NCC(N)C(=O)O)nc1. The molecular formula is C9H10N4O4S. The zero-order valence-electron chi connectivity index (χ0n) is 9.07. The van der Waals surface area contributed by atoms with E-state index in [1.807, 2.05) is 4.72 Å². The van der Waals surface area contributed by atoms with Gasteiger partial charge in [0.1, 0.15) is 12.1 Å². The van der Waals surface area contributed by atoms with Crippen molar-refractivity contribution in [1.29, 1.82) is 5.26 Å². The molecule has 0 saturated heterocycles. The summed E-state index contributed by atoms with van der Waals surface area (Å²) >= 11 is 0. The second-order valence-corrected chi connectivity index (χ2v) is 5.01. The van der Waals surface area contributed by atoms with Crippen molar-refractivity contribution in [3.8, 4) is 6.07 Å². The number of pyridine rings is 1. The van der Waals surface area contributed by atoms with Gasteiger partial charge in [-0.05, 0) is 12.1 Å². The minimum Gasteiger partial charge on any atom is -0.480 e. The largest absolute Gasteiger partial charge is 0.480 e. The van der Waals surface area contributed by atoms with Crippen molar-refractivity contribution in [3.63, 3.8) is 0 Å². The van der Waals surface area contributed by atoms with Crippen molar-refractivity contribution in [2.24, 2.45) is 5.73 Å². The van der Waals surface area contributed by atoms with Crippen molar-refractivity contribution in [2.75, 3.05) is 6.54 Å². The monoisotopic (exact) mass is 270 g/mol. The van der Waals surface area contributed by atoms with Gasteiger partial charge in [-0.3, -0.25) is 4.79 Å². The molecule has 8 nitrogen and oxygen atoms in total. The first-order valence-electron chi connectivity index (χ1n) is 4.71. The number of nitrogens with zero attached hydrogens (tertiary/aromatic N) is 2. The molecule has 0 aliphatic carbocycles. The number of nitrogens with two attached hydrogens (primary N) is 1. The number of carboxylic acid groups (broad SMARTS) is 1. The summed E-state index contributed by atoms with van der Waals surface area (Å²) in [5.74, 6) is -1.31. The van der Waals surface area contributed by atoms with Crippen molar-refractivity contribution < 1.29 is 18.3 Å². The molecule has 0 saturated carbocycles. The molecule has 0 fully saturated rings. The van der Waals surface area contributed by atoms with E-state index in [2.05, 4.69) is 4.98 Å². The van der Waals surface area contributed by atoms with Gasteiger partial charge in [0.15, 0.2) is 5.03 Å². The average molecular weight is 270 g/mol. The molecule has 0 aromatic carbocycles. The van der Waals surface area contributed by atoms with Gasteiger partial charge in [0.05, 0.1) is 5.56 Å². The van der Waals surface area contributed by atoms with Crippen molar-refractivity contribution >= 4 is 16.0 Å². The molecule has 1 unspecified atom stereocenters. The summed E-state index contributed by atoms with van der Waals surface area (Å²) in [4.78, 5) is 14.0. The molecule has 1 aromatic rings. The lowest BCUT2D eigenvalue weighted by atomic mass is 10.3. The maximum atomic E-state index is 11.7. The number of carboxylic acids is 1. The van der Waals surface area contributed by atoms with E-state index in [0.717, 1.165) is 12.3 Å². The molecule has 0 amide bonds. The third kappa shape index (κ3) is 3.49. The van der Waals surface area contributed by atoms with Gasteiger partial charge in [-0.25, -0.2) is 18.1 Å². The number of sulfonamides is 1. The smallest absolute Gasteiger partial charge is 0.321 e. The van der Waals surface area contributed by atoms with Crippen LogP contribution in [0.2, 0.25) is 0 Å². The number of nitriles is 1. The second-order valence-electron chi connectivity index (χ2n) is 3.29. The van der Waals surface area contributed by atoms with Gasteiger partial charge in [-0.1, -0.05) is 0 Å². The number of hydrogen-bond acceptors (Lipinski definition) is 6. The minimum absolute atomic E-state index is 0.219. The minimum atomic E-state index is -3.93. The van der Waals surface area contributed by atoms with E-state index < -0.39 is 28.6 Å². The zero-order valence-corrected chi connectivity index (χ0v) is 9.88. The first-order valence-corrected chi connectivity index (χ1v) is 6.19. The molecule has 0 aliphatic heterocycles. The van der Waals surface area contributed by atoms with E-state index in [0.29, 0.717) is 0 Å². The predicted octanol–water partition coefficient (Wildman–Crippen LogP) is -1.36. The van der Waals surface area contributed by atoms with E-state index in [-0.39, 0.29) is 10.6 Å². The Balaban J connectivity index is 2.80. The number of hydrogen-bond donors (Lipinski definition) is 3. The van der Waals surface area contributed by atoms with Crippen LogP contribution in [0, 0.1) is 11.3 Å². The number of aliphatic carboxylic acids is 1. The van der Waals surface area contributed by atoms with Gasteiger partial charge < -0.3 is 10.8 Å². The Morgan fingerprint density at radius 3 is 2.72 bits per heavy atom. The highest BCUT2D eigenvalue weighted by molar-refractivity contribution is 7.89. The summed E-state index contributed by atoms with van der Waals surface area (Å²) in [5, 5.41) is 16.7. The summed E-state index contributed by atoms with van der Waals surface area (Å²) in [6, 6.07) is 2.90. The molecule has 0 spiro atoms. The van der Waals surface area contributed by atoms with Gasteiger partial charge in [-0.15, -0.1) is 0 Å². The van der Waals surface area contributed by atoms with Crippen molar-refractivity contribution in [1.82, 2.24) is 9.71 Å². The summed E-state index contributed by atoms with van der Waals surface area (Å²) < 4.78 is 25.3. The van der Waals surface area contributed by atoms with Gasteiger partial charge in [0, 0.05) is 12.7 Å². The van der Waals surface area contributed by atoms with E-state index in [9.17, 15) is 13.2 Å². The highest BCUT2D eigenvalue weighted by Gasteiger charge is 2.19. The Labute approximate surface area is 103 Å². The Morgan fingerprint density at radius 2 is 2.28 bits per heavy atom. The van der Waals surface area contributed by atoms with E-state index in [1.165, 1.54) is 6.07 Å². The molecular weight excluding hydrogens is 260 g/mol. The van der Waals surface area contributed by atoms with Crippen LogP contribution in [0.3, 0.4) is 0 Å². The van der Waals surface area contributed by atoms with Crippen LogP contribution in [-0.2, 0) is 14.8 Å². The highest BCUT2D eigenvalue weighted by Crippen LogP contribution is 2.05. The molecule has 1 rings (SSSR count). The van der Waals surface area contributed by atoms with Gasteiger partial charge in [-0.2, -0.15) is 5.26 Å². The summed E-state index contributed by atoms with van der Waals surface area (Å²) in [7, 11) is -3.93. The summed E-state index contributed by atoms with van der Waals surface area (Å²) in [6.45, 7) is -0.445. The van der Waals surface area contributed by atoms with Crippen LogP contribution in [0.1, 0.15) is 5.56 Å². The van der Waals surface area contributed by atoms with Crippen LogP contribution in [0.5, 0.6) is 0 Å². The molecule has 1 heterocycles. The average Bonchev–Trinajstić information content (AvgIpc) is 2.36. The normalized spacial score (nSPS) is 12.7. The first-order chi connectivity index (χ1) is 8.36. The van der Waals surface area contributed by atoms with Crippen molar-refractivity contribution in [3.05, 3.63) is 23.9 Å². The molecule has 4 N–H and O–H groups in total. The Kier molecular flexibility index (Phi) is 4.33. The van der Waals surface area contributed by atoms with E-state index in [1.54, 1.807) is 6.07 Å². The molecule has 0 radical (unpaired) electrons. The number of carbonyl (C=O) groups is 1. The Morgan fingerprint density at radius 1 is 1.61 bits per heavy atom.